The number of methoxy groups -OCH3 is 1. The Morgan fingerprint density at radius 1 is 1.19 bits per heavy atom. The van der Waals surface area contributed by atoms with Crippen LogP contribution >= 0.6 is 11.3 Å². The number of nitrogens with one attached hydrogen (secondary N) is 1. The van der Waals surface area contributed by atoms with Gasteiger partial charge in [-0.3, -0.25) is 4.68 Å². The molecule has 0 radical (unpaired) electrons. The summed E-state index contributed by atoms with van der Waals surface area (Å²) in [5.74, 6) is 1.58. The molecule has 1 fully saturated rings. The molecule has 5 rings (SSSR count). The SMILES string of the molecule is COc1cc(C2CCN(C(=O)OC(C)(C)C)CC2)ccc1Nc1ncc2scc(-c3ccnn3C)c2n1. The van der Waals surface area contributed by atoms with E-state index in [4.69, 9.17) is 14.5 Å². The number of benzene rings is 1. The molecule has 1 saturated heterocycles. The quantitative estimate of drug-likeness (QED) is 0.347. The maximum Gasteiger partial charge on any atom is 0.410 e. The summed E-state index contributed by atoms with van der Waals surface area (Å²) >= 11 is 1.61. The van der Waals surface area contributed by atoms with Crippen LogP contribution in [0.4, 0.5) is 16.4 Å². The summed E-state index contributed by atoms with van der Waals surface area (Å²) < 4.78 is 14.1. The monoisotopic (exact) mass is 520 g/mol. The predicted molar refractivity (Wildman–Crippen MR) is 146 cm³/mol. The zero-order valence-electron chi connectivity index (χ0n) is 21.8. The van der Waals surface area contributed by atoms with Crippen molar-refractivity contribution < 1.29 is 14.3 Å². The number of nitrogens with zero attached hydrogens (tertiary/aromatic N) is 5. The van der Waals surface area contributed by atoms with E-state index in [9.17, 15) is 4.79 Å². The Bertz CT molecular complexity index is 1420. The van der Waals surface area contributed by atoms with Gasteiger partial charge in [-0.2, -0.15) is 5.10 Å². The van der Waals surface area contributed by atoms with Crippen LogP contribution in [0.15, 0.2) is 42.0 Å². The zero-order valence-corrected chi connectivity index (χ0v) is 22.6. The topological polar surface area (TPSA) is 94.4 Å². The molecule has 0 aliphatic carbocycles. The number of fused-ring (bicyclic) bond motifs is 1. The van der Waals surface area contributed by atoms with Gasteiger partial charge in [-0.1, -0.05) is 6.07 Å². The van der Waals surface area contributed by atoms with Gasteiger partial charge < -0.3 is 19.7 Å². The van der Waals surface area contributed by atoms with Crippen molar-refractivity contribution in [2.75, 3.05) is 25.5 Å². The molecule has 4 heterocycles. The molecule has 1 amide bonds. The lowest BCUT2D eigenvalue weighted by Crippen LogP contribution is -2.41. The molecule has 194 valence electrons. The number of thiophene rings is 1. The van der Waals surface area contributed by atoms with Crippen molar-refractivity contribution in [1.29, 1.82) is 0 Å². The van der Waals surface area contributed by atoms with E-state index < -0.39 is 5.60 Å². The number of carbonyl (C=O) groups is 1. The van der Waals surface area contributed by atoms with Gasteiger partial charge >= 0.3 is 6.09 Å². The largest absolute Gasteiger partial charge is 0.495 e. The third-order valence-corrected chi connectivity index (χ3v) is 7.41. The molecule has 37 heavy (non-hydrogen) atoms. The molecule has 3 aromatic heterocycles. The van der Waals surface area contributed by atoms with Crippen molar-refractivity contribution in [2.45, 2.75) is 45.1 Å². The molecular formula is C27H32N6O3S. The molecule has 1 aliphatic heterocycles. The number of ether oxygens (including phenoxy) is 2. The molecule has 0 atom stereocenters. The second kappa shape index (κ2) is 10.0. The summed E-state index contributed by atoms with van der Waals surface area (Å²) in [4.78, 5) is 23.5. The van der Waals surface area contributed by atoms with Gasteiger partial charge in [0, 0.05) is 37.3 Å². The van der Waals surface area contributed by atoms with Gasteiger partial charge in [-0.25, -0.2) is 14.8 Å². The maximum absolute atomic E-state index is 12.4. The summed E-state index contributed by atoms with van der Waals surface area (Å²) in [6, 6.07) is 8.18. The van der Waals surface area contributed by atoms with Crippen LogP contribution in [-0.4, -0.2) is 56.5 Å². The third-order valence-electron chi connectivity index (χ3n) is 6.50. The average Bonchev–Trinajstić information content (AvgIpc) is 3.48. The third kappa shape index (κ3) is 5.39. The number of anilines is 2. The Kier molecular flexibility index (Phi) is 6.76. The Balaban J connectivity index is 1.31. The second-order valence-corrected chi connectivity index (χ2v) is 11.1. The fourth-order valence-corrected chi connectivity index (χ4v) is 5.47. The molecule has 0 bridgehead atoms. The van der Waals surface area contributed by atoms with Crippen molar-refractivity contribution in [3.05, 3.63) is 47.6 Å². The van der Waals surface area contributed by atoms with Gasteiger partial charge in [0.15, 0.2) is 0 Å². The molecular weight excluding hydrogens is 488 g/mol. The van der Waals surface area contributed by atoms with Crippen LogP contribution in [-0.2, 0) is 11.8 Å². The lowest BCUT2D eigenvalue weighted by Gasteiger charge is -2.33. The lowest BCUT2D eigenvalue weighted by atomic mass is 9.89. The standard InChI is InChI=1S/C27H32N6O3S/c1-27(2,3)36-26(34)33-12-9-17(10-13-33)18-6-7-20(22(14-18)35-5)30-25-28-15-23-24(31-25)19(16-37-23)21-8-11-29-32(21)4/h6-8,11,14-17H,9-10,12-13H2,1-5H3,(H,28,30,31). The summed E-state index contributed by atoms with van der Waals surface area (Å²) in [6.45, 7) is 7.03. The van der Waals surface area contributed by atoms with Crippen LogP contribution in [0.1, 0.15) is 45.1 Å². The minimum Gasteiger partial charge on any atom is -0.495 e. The number of aryl methyl sites for hydroxylation is 1. The van der Waals surface area contributed by atoms with E-state index in [1.165, 1.54) is 5.56 Å². The minimum atomic E-state index is -0.484. The van der Waals surface area contributed by atoms with E-state index in [-0.39, 0.29) is 6.09 Å². The average molecular weight is 521 g/mol. The van der Waals surface area contributed by atoms with Crippen LogP contribution in [0.5, 0.6) is 5.75 Å². The highest BCUT2D eigenvalue weighted by Gasteiger charge is 2.28. The first-order chi connectivity index (χ1) is 17.7. The first-order valence-electron chi connectivity index (χ1n) is 12.4. The molecule has 1 aromatic carbocycles. The highest BCUT2D eigenvalue weighted by Crippen LogP contribution is 2.36. The van der Waals surface area contributed by atoms with E-state index >= 15 is 0 Å². The van der Waals surface area contributed by atoms with E-state index in [0.717, 1.165) is 45.8 Å². The summed E-state index contributed by atoms with van der Waals surface area (Å²) in [7, 11) is 3.59. The van der Waals surface area contributed by atoms with Crippen molar-refractivity contribution >= 4 is 39.3 Å². The summed E-state index contributed by atoms with van der Waals surface area (Å²) in [5.41, 5.74) is 4.44. The number of rotatable bonds is 5. The van der Waals surface area contributed by atoms with E-state index in [1.807, 2.05) is 50.8 Å². The molecule has 0 unspecified atom stereocenters. The highest BCUT2D eigenvalue weighted by atomic mass is 32.1. The normalized spacial score (nSPS) is 14.7. The number of amides is 1. The van der Waals surface area contributed by atoms with Crippen molar-refractivity contribution in [2.24, 2.45) is 7.05 Å². The highest BCUT2D eigenvalue weighted by molar-refractivity contribution is 7.17. The van der Waals surface area contributed by atoms with Gasteiger partial charge in [0.25, 0.3) is 0 Å². The fraction of sp³-hybridized carbons (Fsp3) is 0.407. The lowest BCUT2D eigenvalue weighted by molar-refractivity contribution is 0.0205. The summed E-state index contributed by atoms with van der Waals surface area (Å²) in [5, 5.41) is 9.70. The number of carbonyl (C=O) groups excluding carboxylic acids is 1. The van der Waals surface area contributed by atoms with E-state index in [0.29, 0.717) is 25.0 Å². The first-order valence-corrected chi connectivity index (χ1v) is 13.3. The maximum atomic E-state index is 12.4. The second-order valence-electron chi connectivity index (χ2n) is 10.2. The number of piperidine rings is 1. The van der Waals surface area contributed by atoms with Crippen molar-refractivity contribution in [3.8, 4) is 17.0 Å². The van der Waals surface area contributed by atoms with Gasteiger partial charge in [0.1, 0.15) is 11.4 Å². The van der Waals surface area contributed by atoms with Crippen molar-refractivity contribution in [3.63, 3.8) is 0 Å². The van der Waals surface area contributed by atoms with Crippen LogP contribution in [0.2, 0.25) is 0 Å². The summed E-state index contributed by atoms with van der Waals surface area (Å²) in [6.07, 6.45) is 5.15. The Morgan fingerprint density at radius 3 is 2.65 bits per heavy atom. The van der Waals surface area contributed by atoms with Crippen LogP contribution in [0.3, 0.4) is 0 Å². The molecule has 4 aromatic rings. The molecule has 1 aliphatic rings. The Hall–Kier alpha value is -3.66. The smallest absolute Gasteiger partial charge is 0.410 e. The molecule has 0 saturated carbocycles. The number of aromatic nitrogens is 4. The van der Waals surface area contributed by atoms with Gasteiger partial charge in [-0.05, 0) is 63.3 Å². The van der Waals surface area contributed by atoms with Crippen LogP contribution < -0.4 is 10.1 Å². The van der Waals surface area contributed by atoms with E-state index in [2.05, 4.69) is 32.9 Å². The molecule has 0 spiro atoms. The van der Waals surface area contributed by atoms with Crippen molar-refractivity contribution in [1.82, 2.24) is 24.6 Å². The number of likely N-dealkylation sites (tertiary alicyclic amines) is 1. The first kappa shape index (κ1) is 25.0. The zero-order chi connectivity index (χ0) is 26.2. The van der Waals surface area contributed by atoms with Crippen LogP contribution in [0, 0.1) is 0 Å². The van der Waals surface area contributed by atoms with E-state index in [1.54, 1.807) is 29.5 Å². The number of hydrogen-bond donors (Lipinski definition) is 1. The van der Waals surface area contributed by atoms with Crippen LogP contribution in [0.25, 0.3) is 21.5 Å². The predicted octanol–water partition coefficient (Wildman–Crippen LogP) is 5.96. The molecule has 1 N–H and O–H groups in total. The van der Waals surface area contributed by atoms with Gasteiger partial charge in [0.05, 0.1) is 34.9 Å². The van der Waals surface area contributed by atoms with Gasteiger partial charge in [-0.15, -0.1) is 11.3 Å². The Morgan fingerprint density at radius 2 is 1.97 bits per heavy atom. The molecule has 10 heteroatoms. The molecule has 9 nitrogen and oxygen atoms in total. The van der Waals surface area contributed by atoms with Gasteiger partial charge in [0.2, 0.25) is 5.95 Å². The number of hydrogen-bond acceptors (Lipinski definition) is 8. The Labute approximate surface area is 220 Å². The fourth-order valence-electron chi connectivity index (χ4n) is 4.62. The minimum absolute atomic E-state index is 0.239.